The van der Waals surface area contributed by atoms with Gasteiger partial charge in [0.2, 0.25) is 0 Å². The third-order valence-electron chi connectivity index (χ3n) is 7.56. The van der Waals surface area contributed by atoms with E-state index in [9.17, 15) is 10.5 Å². The fraction of sp³-hybridized carbons (Fsp3) is 0. The van der Waals surface area contributed by atoms with Gasteiger partial charge in [-0.2, -0.15) is 10.5 Å². The normalized spacial score (nSPS) is 11.3. The van der Waals surface area contributed by atoms with Gasteiger partial charge in [-0.3, -0.25) is 0 Å². The van der Waals surface area contributed by atoms with Crippen molar-refractivity contribution in [3.63, 3.8) is 0 Å². The van der Waals surface area contributed by atoms with Crippen LogP contribution in [0.2, 0.25) is 0 Å². The summed E-state index contributed by atoms with van der Waals surface area (Å²) < 4.78 is 6.66. The van der Waals surface area contributed by atoms with Gasteiger partial charge in [-0.1, -0.05) is 84.9 Å². The topological polar surface area (TPSA) is 72.1 Å². The molecule has 43 heavy (non-hydrogen) atoms. The molecule has 6 aromatic rings. The Balaban J connectivity index is 1.37. The Kier molecular flexibility index (Phi) is 6.52. The number of ether oxygens (including phenoxy) is 1. The molecule has 0 aliphatic carbocycles. The van der Waals surface area contributed by atoms with Gasteiger partial charge in [0.1, 0.15) is 11.5 Å². The smallest absolute Gasteiger partial charge is 0.135 e. The van der Waals surface area contributed by atoms with E-state index in [0.29, 0.717) is 33.8 Å². The first-order valence-corrected chi connectivity index (χ1v) is 13.9. The molecule has 1 aliphatic rings. The summed E-state index contributed by atoms with van der Waals surface area (Å²) in [6.45, 7) is 0. The van der Waals surface area contributed by atoms with Gasteiger partial charge in [0.25, 0.3) is 0 Å². The number of para-hydroxylation sites is 6. The highest BCUT2D eigenvalue weighted by Gasteiger charge is 2.27. The maximum Gasteiger partial charge on any atom is 0.135 e. The number of benzene rings is 6. The summed E-state index contributed by atoms with van der Waals surface area (Å²) in [7, 11) is 0. The molecule has 0 bridgehead atoms. The Hall–Kier alpha value is -6.30. The van der Waals surface area contributed by atoms with E-state index in [-0.39, 0.29) is 0 Å². The molecule has 0 saturated heterocycles. The third-order valence-corrected chi connectivity index (χ3v) is 7.56. The van der Waals surface area contributed by atoms with Crippen LogP contribution in [0.4, 0.5) is 28.4 Å². The molecular weight excluding hydrogens is 528 g/mol. The van der Waals surface area contributed by atoms with Crippen LogP contribution in [0.15, 0.2) is 140 Å². The number of nitrogens with one attached hydrogen (secondary N) is 1. The summed E-state index contributed by atoms with van der Waals surface area (Å²) in [4.78, 5) is 2.27. The summed E-state index contributed by atoms with van der Waals surface area (Å²) in [5.41, 5.74) is 9.12. The van der Waals surface area contributed by atoms with E-state index in [2.05, 4.69) is 64.8 Å². The molecule has 1 heterocycles. The minimum Gasteiger partial charge on any atom is -0.456 e. The van der Waals surface area contributed by atoms with E-state index in [1.165, 1.54) is 0 Å². The summed E-state index contributed by atoms with van der Waals surface area (Å²) in [6, 6.07) is 50.0. The molecule has 0 atom stereocenters. The van der Waals surface area contributed by atoms with Gasteiger partial charge in [-0.25, -0.2) is 0 Å². The monoisotopic (exact) mass is 552 g/mol. The van der Waals surface area contributed by atoms with Gasteiger partial charge in [0, 0.05) is 27.9 Å². The highest BCUT2D eigenvalue weighted by molar-refractivity contribution is 6.02. The summed E-state index contributed by atoms with van der Waals surface area (Å²) in [6.07, 6.45) is 0. The molecule has 0 aromatic heterocycles. The van der Waals surface area contributed by atoms with Crippen molar-refractivity contribution in [1.29, 1.82) is 10.5 Å². The summed E-state index contributed by atoms with van der Waals surface area (Å²) >= 11 is 0. The number of hydrogen-bond donors (Lipinski definition) is 1. The SMILES string of the molecule is N#Cc1cccc(C#N)c1-c1ccccc1Oc1ccccc1-c1cccc2c1Nc1ccccc1N2c1ccccc1. The average Bonchev–Trinajstić information content (AvgIpc) is 3.07. The molecule has 7 rings (SSSR count). The summed E-state index contributed by atoms with van der Waals surface area (Å²) in [5, 5.41) is 23.4. The maximum absolute atomic E-state index is 9.85. The molecule has 5 heteroatoms. The molecule has 0 fully saturated rings. The van der Waals surface area contributed by atoms with E-state index in [1.807, 2.05) is 78.9 Å². The van der Waals surface area contributed by atoms with Gasteiger partial charge in [-0.15, -0.1) is 0 Å². The minimum atomic E-state index is 0.421. The molecule has 0 amide bonds. The van der Waals surface area contributed by atoms with Crippen LogP contribution in [0.1, 0.15) is 11.1 Å². The zero-order chi connectivity index (χ0) is 29.2. The number of nitrogens with zero attached hydrogens (tertiary/aromatic N) is 3. The Labute approximate surface area is 250 Å². The lowest BCUT2D eigenvalue weighted by atomic mass is 9.94. The van der Waals surface area contributed by atoms with E-state index >= 15 is 0 Å². The van der Waals surface area contributed by atoms with Crippen LogP contribution < -0.4 is 15.0 Å². The predicted molar refractivity (Wildman–Crippen MR) is 171 cm³/mol. The standard InChI is InChI=1S/C38H24N4O/c39-24-26-12-10-13-27(25-40)37(26)31-17-5-9-23-36(31)43-35-22-8-4-16-29(35)30-18-11-21-34-38(30)41-32-19-6-7-20-33(32)42(34)28-14-2-1-3-15-28/h1-23,41H. The van der Waals surface area contributed by atoms with E-state index in [0.717, 1.165) is 39.6 Å². The van der Waals surface area contributed by atoms with Crippen LogP contribution in [0.3, 0.4) is 0 Å². The quantitative estimate of drug-likeness (QED) is 0.230. The molecule has 1 N–H and O–H groups in total. The highest BCUT2D eigenvalue weighted by Crippen LogP contribution is 2.52. The van der Waals surface area contributed by atoms with Crippen molar-refractivity contribution < 1.29 is 4.74 Å². The second kappa shape index (κ2) is 10.9. The fourth-order valence-corrected chi connectivity index (χ4v) is 5.66. The first-order chi connectivity index (χ1) is 21.3. The van der Waals surface area contributed by atoms with Gasteiger partial charge < -0.3 is 15.0 Å². The maximum atomic E-state index is 9.85. The van der Waals surface area contributed by atoms with E-state index in [1.54, 1.807) is 18.2 Å². The van der Waals surface area contributed by atoms with Crippen molar-refractivity contribution >= 4 is 28.4 Å². The van der Waals surface area contributed by atoms with Crippen LogP contribution in [-0.2, 0) is 0 Å². The fourth-order valence-electron chi connectivity index (χ4n) is 5.66. The molecule has 0 saturated carbocycles. The van der Waals surface area contributed by atoms with Gasteiger partial charge in [0.05, 0.1) is 46.0 Å². The third kappa shape index (κ3) is 4.52. The predicted octanol–water partition coefficient (Wildman–Crippen LogP) is 10.1. The molecule has 0 spiro atoms. The second-order valence-corrected chi connectivity index (χ2v) is 10.1. The molecule has 5 nitrogen and oxygen atoms in total. The molecule has 1 aliphatic heterocycles. The summed E-state index contributed by atoms with van der Waals surface area (Å²) in [5.74, 6) is 1.21. The minimum absolute atomic E-state index is 0.421. The van der Waals surface area contributed by atoms with Crippen molar-refractivity contribution in [2.75, 3.05) is 10.2 Å². The number of fused-ring (bicyclic) bond motifs is 2. The van der Waals surface area contributed by atoms with Crippen LogP contribution in [0.5, 0.6) is 11.5 Å². The number of hydrogen-bond acceptors (Lipinski definition) is 5. The van der Waals surface area contributed by atoms with Crippen LogP contribution in [0.25, 0.3) is 22.3 Å². The van der Waals surface area contributed by atoms with Gasteiger partial charge >= 0.3 is 0 Å². The second-order valence-electron chi connectivity index (χ2n) is 10.1. The van der Waals surface area contributed by atoms with E-state index < -0.39 is 0 Å². The van der Waals surface area contributed by atoms with Crippen LogP contribution in [0, 0.1) is 22.7 Å². The van der Waals surface area contributed by atoms with Crippen molar-refractivity contribution in [2.45, 2.75) is 0 Å². The largest absolute Gasteiger partial charge is 0.456 e. The molecule has 6 aromatic carbocycles. The molecule has 0 unspecified atom stereocenters. The lowest BCUT2D eigenvalue weighted by molar-refractivity contribution is 0.486. The van der Waals surface area contributed by atoms with Gasteiger partial charge in [0.15, 0.2) is 0 Å². The van der Waals surface area contributed by atoms with Crippen molar-refractivity contribution in [2.24, 2.45) is 0 Å². The average molecular weight is 553 g/mol. The highest BCUT2D eigenvalue weighted by atomic mass is 16.5. The van der Waals surface area contributed by atoms with Crippen molar-refractivity contribution in [1.82, 2.24) is 0 Å². The number of rotatable bonds is 5. The first-order valence-electron chi connectivity index (χ1n) is 13.9. The Bertz CT molecular complexity index is 2040. The molecular formula is C38H24N4O. The molecule has 0 radical (unpaired) electrons. The Morgan fingerprint density at radius 3 is 1.81 bits per heavy atom. The van der Waals surface area contributed by atoms with Crippen molar-refractivity contribution in [3.8, 4) is 45.9 Å². The van der Waals surface area contributed by atoms with Crippen LogP contribution >= 0.6 is 0 Å². The lowest BCUT2D eigenvalue weighted by Crippen LogP contribution is -2.18. The number of anilines is 5. The zero-order valence-electron chi connectivity index (χ0n) is 23.0. The Morgan fingerprint density at radius 2 is 1.07 bits per heavy atom. The first kappa shape index (κ1) is 25.7. The number of nitriles is 2. The zero-order valence-corrected chi connectivity index (χ0v) is 23.0. The van der Waals surface area contributed by atoms with E-state index in [4.69, 9.17) is 4.74 Å². The van der Waals surface area contributed by atoms with Crippen molar-refractivity contribution in [3.05, 3.63) is 151 Å². The molecule has 202 valence electrons. The Morgan fingerprint density at radius 1 is 0.512 bits per heavy atom. The van der Waals surface area contributed by atoms with Crippen LogP contribution in [-0.4, -0.2) is 0 Å². The van der Waals surface area contributed by atoms with Gasteiger partial charge in [-0.05, 0) is 54.6 Å². The lowest BCUT2D eigenvalue weighted by Gasteiger charge is -2.35.